The molecule has 0 radical (unpaired) electrons. The molecule has 7 heteroatoms. The van der Waals surface area contributed by atoms with Crippen LogP contribution in [0.4, 0.5) is 0 Å². The molecule has 0 aromatic carbocycles. The lowest BCUT2D eigenvalue weighted by atomic mass is 10.5. The minimum Gasteiger partial charge on any atom is -0.480 e. The maximum atomic E-state index is 11.7. The van der Waals surface area contributed by atoms with Crippen LogP contribution < -0.4 is 5.56 Å². The molecule has 2 heterocycles. The second-order valence-electron chi connectivity index (χ2n) is 3.07. The van der Waals surface area contributed by atoms with Crippen molar-refractivity contribution in [2.45, 2.75) is 13.5 Å². The van der Waals surface area contributed by atoms with E-state index in [4.69, 9.17) is 5.11 Å². The lowest BCUT2D eigenvalue weighted by Crippen LogP contribution is -2.25. The summed E-state index contributed by atoms with van der Waals surface area (Å²) in [7, 11) is 0. The number of aliphatic carboxylic acids is 1. The first-order chi connectivity index (χ1) is 7.09. The van der Waals surface area contributed by atoms with Crippen molar-refractivity contribution < 1.29 is 9.90 Å². The monoisotopic (exact) mass is 208 g/mol. The first kappa shape index (κ1) is 9.38. The molecule has 1 N–H and O–H groups in total. The topological polar surface area (TPSA) is 89.5 Å². The Balaban J connectivity index is 2.66. The van der Waals surface area contributed by atoms with Crippen LogP contribution in [0.5, 0.6) is 0 Å². The van der Waals surface area contributed by atoms with Crippen LogP contribution >= 0.6 is 0 Å². The van der Waals surface area contributed by atoms with Crippen LogP contribution in [0.25, 0.3) is 5.65 Å². The van der Waals surface area contributed by atoms with Crippen LogP contribution in [0.1, 0.15) is 5.82 Å². The highest BCUT2D eigenvalue weighted by atomic mass is 16.4. The highest BCUT2D eigenvalue weighted by Crippen LogP contribution is 1.96. The smallest absolute Gasteiger partial charge is 0.323 e. The molecule has 0 aliphatic carbocycles. The maximum absolute atomic E-state index is 11.7. The Labute approximate surface area is 83.6 Å². The summed E-state index contributed by atoms with van der Waals surface area (Å²) in [5, 5.41) is 16.0. The number of carboxylic acid groups (broad SMARTS) is 1. The van der Waals surface area contributed by atoms with E-state index in [9.17, 15) is 9.59 Å². The van der Waals surface area contributed by atoms with E-state index in [-0.39, 0.29) is 12.2 Å². The Morgan fingerprint density at radius 3 is 2.87 bits per heavy atom. The average Bonchev–Trinajstić information content (AvgIpc) is 2.53. The van der Waals surface area contributed by atoms with E-state index in [1.165, 1.54) is 10.6 Å². The van der Waals surface area contributed by atoms with Crippen molar-refractivity contribution in [3.8, 4) is 0 Å². The summed E-state index contributed by atoms with van der Waals surface area (Å²) >= 11 is 0. The molecule has 15 heavy (non-hydrogen) atoms. The predicted molar refractivity (Wildman–Crippen MR) is 49.6 cm³/mol. The van der Waals surface area contributed by atoms with E-state index in [0.717, 1.165) is 4.57 Å². The SMILES string of the molecule is Cc1nnc2c(=O)n(CC(=O)O)ccn12. The van der Waals surface area contributed by atoms with Crippen LogP contribution in [-0.4, -0.2) is 30.2 Å². The molecule has 2 rings (SSSR count). The van der Waals surface area contributed by atoms with Gasteiger partial charge in [0.05, 0.1) is 0 Å². The number of nitrogens with zero attached hydrogens (tertiary/aromatic N) is 4. The molecule has 0 amide bonds. The first-order valence-corrected chi connectivity index (χ1v) is 4.22. The van der Waals surface area contributed by atoms with Crippen molar-refractivity contribution >= 4 is 11.6 Å². The van der Waals surface area contributed by atoms with Crippen LogP contribution in [-0.2, 0) is 11.3 Å². The fourth-order valence-corrected chi connectivity index (χ4v) is 1.31. The summed E-state index contributed by atoms with van der Waals surface area (Å²) in [5.41, 5.74) is -0.322. The summed E-state index contributed by atoms with van der Waals surface area (Å²) in [6.45, 7) is 1.34. The van der Waals surface area contributed by atoms with E-state index >= 15 is 0 Å². The summed E-state index contributed by atoms with van der Waals surface area (Å²) in [6.07, 6.45) is 2.97. The third-order valence-corrected chi connectivity index (χ3v) is 2.02. The zero-order chi connectivity index (χ0) is 11.0. The number of hydrogen-bond donors (Lipinski definition) is 1. The summed E-state index contributed by atoms with van der Waals surface area (Å²) < 4.78 is 2.59. The lowest BCUT2D eigenvalue weighted by molar-refractivity contribution is -0.137. The molecular formula is C8H8N4O3. The zero-order valence-electron chi connectivity index (χ0n) is 7.91. The summed E-state index contributed by atoms with van der Waals surface area (Å²) in [6, 6.07) is 0. The molecule has 2 aromatic rings. The summed E-state index contributed by atoms with van der Waals surface area (Å²) in [4.78, 5) is 22.1. The second kappa shape index (κ2) is 3.19. The molecule has 0 aliphatic heterocycles. The second-order valence-corrected chi connectivity index (χ2v) is 3.07. The molecular weight excluding hydrogens is 200 g/mol. The van der Waals surface area contributed by atoms with Crippen LogP contribution in [0.15, 0.2) is 17.2 Å². The van der Waals surface area contributed by atoms with E-state index in [0.29, 0.717) is 5.82 Å². The van der Waals surface area contributed by atoms with Crippen molar-refractivity contribution in [3.63, 3.8) is 0 Å². The number of aryl methyl sites for hydroxylation is 1. The minimum atomic E-state index is -1.07. The number of hydrogen-bond acceptors (Lipinski definition) is 4. The van der Waals surface area contributed by atoms with Crippen molar-refractivity contribution in [2.75, 3.05) is 0 Å². The van der Waals surface area contributed by atoms with Gasteiger partial charge in [-0.3, -0.25) is 18.6 Å². The van der Waals surface area contributed by atoms with Gasteiger partial charge in [0.25, 0.3) is 5.56 Å². The summed E-state index contributed by atoms with van der Waals surface area (Å²) in [5.74, 6) is -0.484. The van der Waals surface area contributed by atoms with Crippen LogP contribution in [0.2, 0.25) is 0 Å². The number of fused-ring (bicyclic) bond motifs is 1. The molecule has 0 saturated heterocycles. The quantitative estimate of drug-likeness (QED) is 0.703. The Bertz CT molecular complexity index is 583. The van der Waals surface area contributed by atoms with E-state index in [2.05, 4.69) is 10.2 Å². The fraction of sp³-hybridized carbons (Fsp3) is 0.250. The molecule has 0 aliphatic rings. The fourth-order valence-electron chi connectivity index (χ4n) is 1.31. The van der Waals surface area contributed by atoms with Crippen molar-refractivity contribution in [1.82, 2.24) is 19.2 Å². The van der Waals surface area contributed by atoms with Gasteiger partial charge in [-0.2, -0.15) is 0 Å². The normalized spacial score (nSPS) is 10.7. The van der Waals surface area contributed by atoms with Crippen molar-refractivity contribution in [3.05, 3.63) is 28.6 Å². The van der Waals surface area contributed by atoms with Gasteiger partial charge in [-0.1, -0.05) is 0 Å². The van der Waals surface area contributed by atoms with Gasteiger partial charge in [0.1, 0.15) is 12.4 Å². The highest BCUT2D eigenvalue weighted by Gasteiger charge is 2.09. The highest BCUT2D eigenvalue weighted by molar-refractivity contribution is 5.66. The third-order valence-electron chi connectivity index (χ3n) is 2.02. The number of aromatic nitrogens is 4. The van der Waals surface area contributed by atoms with Gasteiger partial charge in [-0.05, 0) is 6.92 Å². The van der Waals surface area contributed by atoms with Gasteiger partial charge in [0.2, 0.25) is 5.65 Å². The molecule has 0 atom stereocenters. The Hall–Kier alpha value is -2.18. The predicted octanol–water partition coefficient (Wildman–Crippen LogP) is -0.716. The van der Waals surface area contributed by atoms with Gasteiger partial charge in [-0.15, -0.1) is 10.2 Å². The molecule has 0 saturated carbocycles. The van der Waals surface area contributed by atoms with Crippen LogP contribution in [0.3, 0.4) is 0 Å². The molecule has 2 aromatic heterocycles. The molecule has 78 valence electrons. The van der Waals surface area contributed by atoms with Gasteiger partial charge >= 0.3 is 5.97 Å². The average molecular weight is 208 g/mol. The maximum Gasteiger partial charge on any atom is 0.323 e. The largest absolute Gasteiger partial charge is 0.480 e. The molecule has 7 nitrogen and oxygen atoms in total. The Kier molecular flexibility index (Phi) is 2.00. The Morgan fingerprint density at radius 1 is 1.47 bits per heavy atom. The standard InChI is InChI=1S/C8H8N4O3/c1-5-9-10-7-8(15)11(4-6(13)14)2-3-12(5)7/h2-3H,4H2,1H3,(H,13,14). The van der Waals surface area contributed by atoms with E-state index < -0.39 is 11.5 Å². The number of carbonyl (C=O) groups is 1. The van der Waals surface area contributed by atoms with Gasteiger partial charge in [-0.25, -0.2) is 0 Å². The van der Waals surface area contributed by atoms with Crippen molar-refractivity contribution in [1.29, 1.82) is 0 Å². The van der Waals surface area contributed by atoms with Gasteiger partial charge in [0, 0.05) is 12.4 Å². The Morgan fingerprint density at radius 2 is 2.20 bits per heavy atom. The van der Waals surface area contributed by atoms with E-state index in [1.54, 1.807) is 13.1 Å². The molecule has 0 unspecified atom stereocenters. The molecule has 0 bridgehead atoms. The number of rotatable bonds is 2. The molecule has 0 fully saturated rings. The number of carboxylic acids is 1. The van der Waals surface area contributed by atoms with Crippen LogP contribution in [0, 0.1) is 6.92 Å². The first-order valence-electron chi connectivity index (χ1n) is 4.22. The van der Waals surface area contributed by atoms with Gasteiger partial charge < -0.3 is 5.11 Å². The molecule has 0 spiro atoms. The minimum absolute atomic E-state index is 0.135. The van der Waals surface area contributed by atoms with Crippen molar-refractivity contribution in [2.24, 2.45) is 0 Å². The van der Waals surface area contributed by atoms with E-state index in [1.807, 2.05) is 0 Å². The zero-order valence-corrected chi connectivity index (χ0v) is 7.91. The van der Waals surface area contributed by atoms with Gasteiger partial charge in [0.15, 0.2) is 0 Å². The third kappa shape index (κ3) is 1.47. The lowest BCUT2D eigenvalue weighted by Gasteiger charge is -2.01.